The normalized spacial score (nSPS) is 19.6. The molecule has 0 aromatic heterocycles. The molecule has 1 fully saturated rings. The summed E-state index contributed by atoms with van der Waals surface area (Å²) in [4.78, 5) is 2.57. The van der Waals surface area contributed by atoms with Gasteiger partial charge in [-0.05, 0) is 70.8 Å². The van der Waals surface area contributed by atoms with Crippen LogP contribution in [-0.4, -0.2) is 36.7 Å². The van der Waals surface area contributed by atoms with Crippen LogP contribution in [-0.2, 0) is 6.54 Å². The lowest BCUT2D eigenvalue weighted by atomic mass is 10.1. The summed E-state index contributed by atoms with van der Waals surface area (Å²) in [6.07, 6.45) is 1.56. The Labute approximate surface area is 129 Å². The molecule has 118 valence electrons. The summed E-state index contributed by atoms with van der Waals surface area (Å²) in [5.74, 6) is 1.76. The van der Waals surface area contributed by atoms with Crippen molar-refractivity contribution in [2.45, 2.75) is 52.8 Å². The average Bonchev–Trinajstić information content (AvgIpc) is 2.89. The molecule has 0 saturated carbocycles. The van der Waals surface area contributed by atoms with E-state index in [0.717, 1.165) is 24.8 Å². The summed E-state index contributed by atoms with van der Waals surface area (Å²) in [6.45, 7) is 13.2. The van der Waals surface area contributed by atoms with Crippen molar-refractivity contribution in [1.29, 1.82) is 0 Å². The molecule has 21 heavy (non-hydrogen) atoms. The molecule has 1 heterocycles. The second-order valence-electron chi connectivity index (χ2n) is 6.68. The van der Waals surface area contributed by atoms with Gasteiger partial charge in [-0.15, -0.1) is 0 Å². The Balaban J connectivity index is 1.69. The Morgan fingerprint density at radius 2 is 1.90 bits per heavy atom. The molecule has 1 atom stereocenters. The second kappa shape index (κ2) is 7.81. The highest BCUT2D eigenvalue weighted by Gasteiger charge is 2.23. The van der Waals surface area contributed by atoms with Crippen molar-refractivity contribution in [2.75, 3.05) is 19.6 Å². The maximum absolute atomic E-state index is 5.66. The molecular formula is C18H30N2O. The third-order valence-corrected chi connectivity index (χ3v) is 4.10. The zero-order chi connectivity index (χ0) is 15.2. The first kappa shape index (κ1) is 16.3. The van der Waals surface area contributed by atoms with Gasteiger partial charge >= 0.3 is 0 Å². The van der Waals surface area contributed by atoms with Crippen LogP contribution >= 0.6 is 0 Å². The Kier molecular flexibility index (Phi) is 6.07. The van der Waals surface area contributed by atoms with Crippen molar-refractivity contribution in [2.24, 2.45) is 5.92 Å². The molecule has 0 amide bonds. The van der Waals surface area contributed by atoms with Gasteiger partial charge in [-0.1, -0.05) is 12.1 Å². The summed E-state index contributed by atoms with van der Waals surface area (Å²) in [5.41, 5.74) is 1.32. The molecule has 1 unspecified atom stereocenters. The molecule has 1 aliphatic heterocycles. The average molecular weight is 290 g/mol. The predicted molar refractivity (Wildman–Crippen MR) is 88.7 cm³/mol. The smallest absolute Gasteiger partial charge is 0.119 e. The van der Waals surface area contributed by atoms with E-state index in [1.807, 2.05) is 0 Å². The van der Waals surface area contributed by atoms with Gasteiger partial charge in [0.1, 0.15) is 5.75 Å². The Morgan fingerprint density at radius 3 is 2.48 bits per heavy atom. The fourth-order valence-corrected chi connectivity index (χ4v) is 2.88. The lowest BCUT2D eigenvalue weighted by Crippen LogP contribution is -2.30. The standard InChI is InChI=1S/C18H30N2O/c1-14(2)20-10-9-17(13-20)12-19-11-16-5-7-18(8-6-16)21-15(3)4/h5-8,14-15,17,19H,9-13H2,1-4H3. The molecule has 1 saturated heterocycles. The number of benzene rings is 1. The van der Waals surface area contributed by atoms with E-state index in [9.17, 15) is 0 Å². The highest BCUT2D eigenvalue weighted by Crippen LogP contribution is 2.18. The van der Waals surface area contributed by atoms with Gasteiger partial charge in [0, 0.05) is 19.1 Å². The minimum Gasteiger partial charge on any atom is -0.491 e. The largest absolute Gasteiger partial charge is 0.491 e. The molecule has 0 aliphatic carbocycles. The van der Waals surface area contributed by atoms with E-state index in [1.165, 1.54) is 25.1 Å². The monoisotopic (exact) mass is 290 g/mol. The number of nitrogens with one attached hydrogen (secondary N) is 1. The van der Waals surface area contributed by atoms with E-state index < -0.39 is 0 Å². The van der Waals surface area contributed by atoms with Crippen molar-refractivity contribution >= 4 is 0 Å². The number of nitrogens with zero attached hydrogens (tertiary/aromatic N) is 1. The minimum absolute atomic E-state index is 0.236. The number of rotatable bonds is 7. The van der Waals surface area contributed by atoms with Gasteiger partial charge in [0.05, 0.1) is 6.10 Å². The van der Waals surface area contributed by atoms with Crippen LogP contribution in [0.25, 0.3) is 0 Å². The third kappa shape index (κ3) is 5.33. The molecule has 1 aromatic rings. The molecule has 0 radical (unpaired) electrons. The molecule has 0 bridgehead atoms. The summed E-state index contributed by atoms with van der Waals surface area (Å²) in [5, 5.41) is 3.60. The van der Waals surface area contributed by atoms with E-state index in [0.29, 0.717) is 6.04 Å². The molecule has 3 heteroatoms. The van der Waals surface area contributed by atoms with Gasteiger partial charge < -0.3 is 15.0 Å². The zero-order valence-electron chi connectivity index (χ0n) is 13.9. The van der Waals surface area contributed by atoms with Gasteiger partial charge in [0.15, 0.2) is 0 Å². The predicted octanol–water partition coefficient (Wildman–Crippen LogP) is 3.29. The SMILES string of the molecule is CC(C)Oc1ccc(CNCC2CCN(C(C)C)C2)cc1. The van der Waals surface area contributed by atoms with E-state index in [-0.39, 0.29) is 6.10 Å². The first-order valence-corrected chi connectivity index (χ1v) is 8.25. The Hall–Kier alpha value is -1.06. The van der Waals surface area contributed by atoms with Crippen LogP contribution in [0, 0.1) is 5.92 Å². The van der Waals surface area contributed by atoms with Crippen molar-refractivity contribution in [3.8, 4) is 5.75 Å². The minimum atomic E-state index is 0.236. The summed E-state index contributed by atoms with van der Waals surface area (Å²) in [6, 6.07) is 9.11. The van der Waals surface area contributed by atoms with Crippen LogP contribution in [0.3, 0.4) is 0 Å². The Bertz CT molecular complexity index is 414. The number of hydrogen-bond acceptors (Lipinski definition) is 3. The van der Waals surface area contributed by atoms with E-state index in [2.05, 4.69) is 62.2 Å². The molecule has 1 aliphatic rings. The highest BCUT2D eigenvalue weighted by atomic mass is 16.5. The summed E-state index contributed by atoms with van der Waals surface area (Å²) in [7, 11) is 0. The quantitative estimate of drug-likeness (QED) is 0.834. The van der Waals surface area contributed by atoms with E-state index in [4.69, 9.17) is 4.74 Å². The van der Waals surface area contributed by atoms with E-state index in [1.54, 1.807) is 0 Å². The first-order chi connectivity index (χ1) is 10.0. The summed E-state index contributed by atoms with van der Waals surface area (Å²) < 4.78 is 5.66. The third-order valence-electron chi connectivity index (χ3n) is 4.10. The fraction of sp³-hybridized carbons (Fsp3) is 0.667. The van der Waals surface area contributed by atoms with Crippen LogP contribution < -0.4 is 10.1 Å². The maximum atomic E-state index is 5.66. The van der Waals surface area contributed by atoms with Crippen molar-refractivity contribution < 1.29 is 4.74 Å². The summed E-state index contributed by atoms with van der Waals surface area (Å²) >= 11 is 0. The molecule has 1 N–H and O–H groups in total. The van der Waals surface area contributed by atoms with Gasteiger partial charge in [-0.3, -0.25) is 0 Å². The Morgan fingerprint density at radius 1 is 1.19 bits per heavy atom. The lowest BCUT2D eigenvalue weighted by Gasteiger charge is -2.20. The van der Waals surface area contributed by atoms with Crippen molar-refractivity contribution in [3.05, 3.63) is 29.8 Å². The van der Waals surface area contributed by atoms with Crippen molar-refractivity contribution in [3.63, 3.8) is 0 Å². The van der Waals surface area contributed by atoms with Crippen LogP contribution in [0.1, 0.15) is 39.7 Å². The van der Waals surface area contributed by atoms with Crippen LogP contribution in [0.4, 0.5) is 0 Å². The highest BCUT2D eigenvalue weighted by molar-refractivity contribution is 5.27. The zero-order valence-corrected chi connectivity index (χ0v) is 13.9. The molecule has 2 rings (SSSR count). The lowest BCUT2D eigenvalue weighted by molar-refractivity contribution is 0.242. The maximum Gasteiger partial charge on any atom is 0.119 e. The van der Waals surface area contributed by atoms with Crippen LogP contribution in [0.5, 0.6) is 5.75 Å². The molecular weight excluding hydrogens is 260 g/mol. The number of likely N-dealkylation sites (tertiary alicyclic amines) is 1. The number of hydrogen-bond donors (Lipinski definition) is 1. The van der Waals surface area contributed by atoms with Crippen LogP contribution in [0.2, 0.25) is 0 Å². The topological polar surface area (TPSA) is 24.5 Å². The number of ether oxygens (including phenoxy) is 1. The van der Waals surface area contributed by atoms with E-state index >= 15 is 0 Å². The molecule has 3 nitrogen and oxygen atoms in total. The van der Waals surface area contributed by atoms with Gasteiger partial charge in [-0.2, -0.15) is 0 Å². The molecule has 0 spiro atoms. The van der Waals surface area contributed by atoms with Gasteiger partial charge in [0.25, 0.3) is 0 Å². The fourth-order valence-electron chi connectivity index (χ4n) is 2.88. The van der Waals surface area contributed by atoms with Gasteiger partial charge in [-0.25, -0.2) is 0 Å². The molecule has 1 aromatic carbocycles. The van der Waals surface area contributed by atoms with Crippen molar-refractivity contribution in [1.82, 2.24) is 10.2 Å². The van der Waals surface area contributed by atoms with Crippen LogP contribution in [0.15, 0.2) is 24.3 Å². The second-order valence-corrected chi connectivity index (χ2v) is 6.68. The first-order valence-electron chi connectivity index (χ1n) is 8.25. The van der Waals surface area contributed by atoms with Gasteiger partial charge in [0.2, 0.25) is 0 Å².